The average molecular weight is 361 g/mol. The Morgan fingerprint density at radius 2 is 1.63 bits per heavy atom. The molecule has 0 N–H and O–H groups in total. The fourth-order valence-corrected chi connectivity index (χ4v) is 3.83. The number of aromatic nitrogens is 2. The van der Waals surface area contributed by atoms with Gasteiger partial charge >= 0.3 is 0 Å². The van der Waals surface area contributed by atoms with Gasteiger partial charge in [0.1, 0.15) is 0 Å². The lowest BCUT2D eigenvalue weighted by Gasteiger charge is -2.27. The smallest absolute Gasteiger partial charge is 0.255 e. The molecule has 0 amide bonds. The molecule has 0 spiro atoms. The molecule has 0 aliphatic carbocycles. The zero-order chi connectivity index (χ0) is 19.0. The van der Waals surface area contributed by atoms with Crippen LogP contribution in [0.3, 0.4) is 0 Å². The van der Waals surface area contributed by atoms with Gasteiger partial charge in [0.15, 0.2) is 0 Å². The van der Waals surface area contributed by atoms with Crippen LogP contribution in [0.4, 0.5) is 5.69 Å². The monoisotopic (exact) mass is 361 g/mol. The van der Waals surface area contributed by atoms with Gasteiger partial charge in [-0.15, -0.1) is 0 Å². The first-order valence-corrected chi connectivity index (χ1v) is 9.20. The molecule has 0 bridgehead atoms. The number of anilines is 1. The molecule has 138 valence electrons. The minimum Gasteiger partial charge on any atom is -0.272 e. The molecule has 0 unspecified atom stereocenters. The molecule has 1 fully saturated rings. The van der Waals surface area contributed by atoms with E-state index < -0.39 is 0 Å². The third-order valence-corrected chi connectivity index (χ3v) is 5.03. The predicted molar refractivity (Wildman–Crippen MR) is 104 cm³/mol. The van der Waals surface area contributed by atoms with Crippen LogP contribution in [0.5, 0.6) is 0 Å². The average Bonchev–Trinajstić information content (AvgIpc) is 3.21. The highest BCUT2D eigenvalue weighted by Gasteiger charge is 2.47. The number of aryl methyl sites for hydroxylation is 2. The Kier molecular flexibility index (Phi) is 4.54. The molecule has 2 aromatic carbocycles. The van der Waals surface area contributed by atoms with E-state index >= 15 is 0 Å². The molecule has 2 heterocycles. The third kappa shape index (κ3) is 3.15. The van der Waals surface area contributed by atoms with Crippen LogP contribution in [0.1, 0.15) is 34.7 Å². The quantitative estimate of drug-likeness (QED) is 0.696. The predicted octanol–water partition coefficient (Wildman–Crippen LogP) is 4.34. The van der Waals surface area contributed by atoms with Gasteiger partial charge in [-0.1, -0.05) is 48.5 Å². The molecule has 1 saturated heterocycles. The van der Waals surface area contributed by atoms with Crippen LogP contribution in [0, 0.1) is 19.8 Å². The van der Waals surface area contributed by atoms with Crippen LogP contribution in [-0.2, 0) is 4.84 Å². The Morgan fingerprint density at radius 1 is 1.00 bits per heavy atom. The Hall–Kier alpha value is -2.92. The van der Waals surface area contributed by atoms with Gasteiger partial charge in [-0.05, 0) is 44.5 Å². The number of hydroxylamine groups is 1. The largest absolute Gasteiger partial charge is 0.272 e. The summed E-state index contributed by atoms with van der Waals surface area (Å²) >= 11 is 0. The Balaban J connectivity index is 1.79. The molecular formula is C22H23N3O2. The molecule has 0 saturated carbocycles. The summed E-state index contributed by atoms with van der Waals surface area (Å²) < 4.78 is 1.52. The summed E-state index contributed by atoms with van der Waals surface area (Å²) in [6, 6.07) is 21.7. The second kappa shape index (κ2) is 7.00. The second-order valence-electron chi connectivity index (χ2n) is 7.03. The summed E-state index contributed by atoms with van der Waals surface area (Å²) in [5, 5.41) is 6.28. The summed E-state index contributed by atoms with van der Waals surface area (Å²) in [4.78, 5) is 19.6. The molecule has 1 aliphatic heterocycles. The fraction of sp³-hybridized carbons (Fsp3) is 0.273. The molecule has 1 aliphatic rings. The van der Waals surface area contributed by atoms with Crippen molar-refractivity contribution in [1.82, 2.24) is 9.78 Å². The molecule has 4 rings (SSSR count). The van der Waals surface area contributed by atoms with Crippen molar-refractivity contribution >= 4 is 11.6 Å². The van der Waals surface area contributed by atoms with E-state index in [1.54, 1.807) is 0 Å². The summed E-state index contributed by atoms with van der Waals surface area (Å²) in [6.45, 7) is 5.76. The van der Waals surface area contributed by atoms with Crippen molar-refractivity contribution in [2.75, 3.05) is 5.06 Å². The number of carbonyl (C=O) groups is 1. The minimum absolute atomic E-state index is 0.0413. The highest BCUT2D eigenvalue weighted by atomic mass is 16.7. The van der Waals surface area contributed by atoms with Gasteiger partial charge in [-0.2, -0.15) is 5.10 Å². The molecular weight excluding hydrogens is 338 g/mol. The molecule has 3 atom stereocenters. The van der Waals surface area contributed by atoms with Crippen LogP contribution in [0.2, 0.25) is 0 Å². The van der Waals surface area contributed by atoms with Crippen LogP contribution >= 0.6 is 0 Å². The van der Waals surface area contributed by atoms with Crippen LogP contribution in [0.15, 0.2) is 66.7 Å². The molecule has 1 aromatic heterocycles. The van der Waals surface area contributed by atoms with Crippen molar-refractivity contribution in [2.45, 2.75) is 32.9 Å². The van der Waals surface area contributed by atoms with Gasteiger partial charge in [0, 0.05) is 5.69 Å². The first-order valence-electron chi connectivity index (χ1n) is 9.20. The van der Waals surface area contributed by atoms with Crippen LogP contribution in [0.25, 0.3) is 0 Å². The van der Waals surface area contributed by atoms with E-state index in [0.717, 1.165) is 22.6 Å². The highest BCUT2D eigenvalue weighted by Crippen LogP contribution is 2.43. The lowest BCUT2D eigenvalue weighted by Crippen LogP contribution is -2.33. The Labute approximate surface area is 159 Å². The number of hydrogen-bond donors (Lipinski definition) is 0. The van der Waals surface area contributed by atoms with E-state index in [9.17, 15) is 4.79 Å². The van der Waals surface area contributed by atoms with Gasteiger partial charge in [0.2, 0.25) is 0 Å². The number of para-hydroxylation sites is 1. The standard InChI is InChI=1S/C22H23N3O2/c1-15-14-16(2)24(23-15)22(26)20-17(3)27-25(19-12-8-5-9-13-19)21(20)18-10-6-4-7-11-18/h4-14,17,20-21H,1-3H3/t17-,20+,21-/m1/s1. The summed E-state index contributed by atoms with van der Waals surface area (Å²) in [7, 11) is 0. The lowest BCUT2D eigenvalue weighted by atomic mass is 9.89. The summed E-state index contributed by atoms with van der Waals surface area (Å²) in [5.74, 6) is -0.411. The van der Waals surface area contributed by atoms with Gasteiger partial charge in [-0.3, -0.25) is 9.63 Å². The topological polar surface area (TPSA) is 47.4 Å². The number of carbonyl (C=O) groups excluding carboxylic acids is 1. The normalized spacial score (nSPS) is 22.2. The van der Waals surface area contributed by atoms with Crippen LogP contribution < -0.4 is 5.06 Å². The van der Waals surface area contributed by atoms with E-state index in [1.807, 2.05) is 92.6 Å². The summed E-state index contributed by atoms with van der Waals surface area (Å²) in [6.07, 6.45) is -0.271. The SMILES string of the molecule is Cc1cc(C)n(C(=O)[C@@H]2[C@@H](c3ccccc3)N(c3ccccc3)O[C@@H]2C)n1. The van der Waals surface area contributed by atoms with Gasteiger partial charge in [0.05, 0.1) is 29.4 Å². The third-order valence-electron chi connectivity index (χ3n) is 5.03. The zero-order valence-corrected chi connectivity index (χ0v) is 15.7. The number of rotatable bonds is 3. The van der Waals surface area contributed by atoms with Crippen molar-refractivity contribution in [3.63, 3.8) is 0 Å². The summed E-state index contributed by atoms with van der Waals surface area (Å²) in [5.41, 5.74) is 3.66. The Bertz CT molecular complexity index is 937. The minimum atomic E-state index is -0.370. The van der Waals surface area contributed by atoms with Gasteiger partial charge < -0.3 is 0 Å². The van der Waals surface area contributed by atoms with Crippen molar-refractivity contribution in [3.05, 3.63) is 83.7 Å². The fourth-order valence-electron chi connectivity index (χ4n) is 3.83. The van der Waals surface area contributed by atoms with Gasteiger partial charge in [0.25, 0.3) is 5.91 Å². The van der Waals surface area contributed by atoms with Crippen molar-refractivity contribution in [1.29, 1.82) is 0 Å². The van der Waals surface area contributed by atoms with E-state index in [1.165, 1.54) is 4.68 Å². The van der Waals surface area contributed by atoms with E-state index in [4.69, 9.17) is 4.84 Å². The zero-order valence-electron chi connectivity index (χ0n) is 15.7. The van der Waals surface area contributed by atoms with E-state index in [-0.39, 0.29) is 24.0 Å². The molecule has 5 heteroatoms. The van der Waals surface area contributed by atoms with Crippen molar-refractivity contribution in [3.8, 4) is 0 Å². The lowest BCUT2D eigenvalue weighted by molar-refractivity contribution is 0.0617. The first kappa shape index (κ1) is 17.5. The number of hydrogen-bond acceptors (Lipinski definition) is 4. The maximum absolute atomic E-state index is 13.4. The number of benzene rings is 2. The van der Waals surface area contributed by atoms with Crippen molar-refractivity contribution in [2.24, 2.45) is 5.92 Å². The molecule has 3 aromatic rings. The Morgan fingerprint density at radius 3 is 2.22 bits per heavy atom. The van der Waals surface area contributed by atoms with E-state index in [0.29, 0.717) is 0 Å². The maximum atomic E-state index is 13.4. The van der Waals surface area contributed by atoms with Gasteiger partial charge in [-0.25, -0.2) is 9.75 Å². The maximum Gasteiger partial charge on any atom is 0.255 e. The molecule has 27 heavy (non-hydrogen) atoms. The highest BCUT2D eigenvalue weighted by molar-refractivity contribution is 5.84. The first-order chi connectivity index (χ1) is 13.1. The molecule has 5 nitrogen and oxygen atoms in total. The molecule has 0 radical (unpaired) electrons. The number of nitrogens with zero attached hydrogens (tertiary/aromatic N) is 3. The van der Waals surface area contributed by atoms with Crippen molar-refractivity contribution < 1.29 is 9.63 Å². The van der Waals surface area contributed by atoms with Crippen LogP contribution in [-0.4, -0.2) is 21.8 Å². The van der Waals surface area contributed by atoms with E-state index in [2.05, 4.69) is 5.10 Å². The second-order valence-corrected chi connectivity index (χ2v) is 7.03.